The SMILES string of the molecule is Cc1cc(C(=O)NC(C)c2ccc(Br)cc2)ccc1N. The number of carbonyl (C=O) groups is 1. The lowest BCUT2D eigenvalue weighted by molar-refractivity contribution is 0.0940. The van der Waals surface area contributed by atoms with Gasteiger partial charge in [-0.3, -0.25) is 4.79 Å². The highest BCUT2D eigenvalue weighted by molar-refractivity contribution is 9.10. The molecule has 104 valence electrons. The molecule has 2 aromatic rings. The van der Waals surface area contributed by atoms with Crippen LogP contribution in [-0.2, 0) is 0 Å². The van der Waals surface area contributed by atoms with Crippen LogP contribution in [0.4, 0.5) is 5.69 Å². The number of aryl methyl sites for hydroxylation is 1. The maximum atomic E-state index is 12.2. The summed E-state index contributed by atoms with van der Waals surface area (Å²) in [7, 11) is 0. The quantitative estimate of drug-likeness (QED) is 0.839. The molecule has 0 fully saturated rings. The number of hydrogen-bond donors (Lipinski definition) is 2. The summed E-state index contributed by atoms with van der Waals surface area (Å²) in [6.45, 7) is 3.86. The second kappa shape index (κ2) is 6.09. The Morgan fingerprint density at radius 1 is 1.20 bits per heavy atom. The van der Waals surface area contributed by atoms with Crippen molar-refractivity contribution in [1.29, 1.82) is 0 Å². The van der Waals surface area contributed by atoms with Crippen molar-refractivity contribution < 1.29 is 4.79 Å². The molecule has 1 atom stereocenters. The third kappa shape index (κ3) is 3.39. The maximum Gasteiger partial charge on any atom is 0.251 e. The topological polar surface area (TPSA) is 55.1 Å². The first-order chi connectivity index (χ1) is 9.47. The normalized spacial score (nSPS) is 11.9. The average molecular weight is 333 g/mol. The van der Waals surface area contributed by atoms with E-state index in [1.54, 1.807) is 18.2 Å². The number of halogens is 1. The Morgan fingerprint density at radius 2 is 1.85 bits per heavy atom. The van der Waals surface area contributed by atoms with Crippen molar-refractivity contribution in [3.8, 4) is 0 Å². The van der Waals surface area contributed by atoms with Crippen LogP contribution in [0.2, 0.25) is 0 Å². The van der Waals surface area contributed by atoms with Gasteiger partial charge >= 0.3 is 0 Å². The second-order valence-electron chi connectivity index (χ2n) is 4.82. The number of carbonyl (C=O) groups excluding carboxylic acids is 1. The number of rotatable bonds is 3. The van der Waals surface area contributed by atoms with Gasteiger partial charge in [-0.15, -0.1) is 0 Å². The molecule has 0 heterocycles. The zero-order chi connectivity index (χ0) is 14.7. The summed E-state index contributed by atoms with van der Waals surface area (Å²) in [6, 6.07) is 13.2. The summed E-state index contributed by atoms with van der Waals surface area (Å²) in [6.07, 6.45) is 0. The molecule has 3 N–H and O–H groups in total. The molecule has 4 heteroatoms. The van der Waals surface area contributed by atoms with Gasteiger partial charge in [0.15, 0.2) is 0 Å². The third-order valence-electron chi connectivity index (χ3n) is 3.25. The summed E-state index contributed by atoms with van der Waals surface area (Å²) in [5.41, 5.74) is 9.06. The second-order valence-corrected chi connectivity index (χ2v) is 5.73. The largest absolute Gasteiger partial charge is 0.399 e. The Kier molecular flexibility index (Phi) is 4.45. The van der Waals surface area contributed by atoms with Crippen molar-refractivity contribution in [3.63, 3.8) is 0 Å². The molecule has 0 aliphatic heterocycles. The molecule has 0 aromatic heterocycles. The molecule has 20 heavy (non-hydrogen) atoms. The fraction of sp³-hybridized carbons (Fsp3) is 0.188. The lowest BCUT2D eigenvalue weighted by Crippen LogP contribution is -2.26. The number of nitrogens with two attached hydrogens (primary N) is 1. The molecule has 0 saturated heterocycles. The standard InChI is InChI=1S/C16H17BrN2O/c1-10-9-13(5-8-15(10)18)16(20)19-11(2)12-3-6-14(17)7-4-12/h3-9,11H,18H2,1-2H3,(H,19,20). The zero-order valence-electron chi connectivity index (χ0n) is 11.5. The van der Waals surface area contributed by atoms with Crippen molar-refractivity contribution in [1.82, 2.24) is 5.32 Å². The van der Waals surface area contributed by atoms with E-state index in [0.717, 1.165) is 15.6 Å². The first-order valence-corrected chi connectivity index (χ1v) is 7.19. The smallest absolute Gasteiger partial charge is 0.251 e. The zero-order valence-corrected chi connectivity index (χ0v) is 13.1. The molecule has 0 spiro atoms. The van der Waals surface area contributed by atoms with Gasteiger partial charge in [0.1, 0.15) is 0 Å². The highest BCUT2D eigenvalue weighted by Gasteiger charge is 2.12. The predicted molar refractivity (Wildman–Crippen MR) is 85.6 cm³/mol. The predicted octanol–water partition coefficient (Wildman–Crippen LogP) is 3.83. The molecule has 0 saturated carbocycles. The van der Waals surface area contributed by atoms with E-state index < -0.39 is 0 Å². The molecule has 2 aromatic carbocycles. The van der Waals surface area contributed by atoms with Crippen molar-refractivity contribution in [3.05, 3.63) is 63.6 Å². The number of nitrogen functional groups attached to an aromatic ring is 1. The molecule has 1 amide bonds. The van der Waals surface area contributed by atoms with Gasteiger partial charge in [0, 0.05) is 15.7 Å². The van der Waals surface area contributed by atoms with Crippen LogP contribution in [0.1, 0.15) is 34.5 Å². The summed E-state index contributed by atoms with van der Waals surface area (Å²) >= 11 is 3.40. The summed E-state index contributed by atoms with van der Waals surface area (Å²) in [5.74, 6) is -0.0940. The number of hydrogen-bond acceptors (Lipinski definition) is 2. The van der Waals surface area contributed by atoms with Crippen LogP contribution >= 0.6 is 15.9 Å². The van der Waals surface area contributed by atoms with Crippen LogP contribution in [-0.4, -0.2) is 5.91 Å². The minimum Gasteiger partial charge on any atom is -0.399 e. The highest BCUT2D eigenvalue weighted by Crippen LogP contribution is 2.18. The average Bonchev–Trinajstić information content (AvgIpc) is 2.42. The minimum absolute atomic E-state index is 0.0477. The molecule has 0 radical (unpaired) electrons. The Bertz CT molecular complexity index is 623. The van der Waals surface area contributed by atoms with Crippen LogP contribution in [0.15, 0.2) is 46.9 Å². The van der Waals surface area contributed by atoms with Crippen LogP contribution in [0, 0.1) is 6.92 Å². The van der Waals surface area contributed by atoms with Crippen molar-refractivity contribution in [2.75, 3.05) is 5.73 Å². The van der Waals surface area contributed by atoms with Gasteiger partial charge in [-0.2, -0.15) is 0 Å². The number of benzene rings is 2. The fourth-order valence-electron chi connectivity index (χ4n) is 1.93. The van der Waals surface area contributed by atoms with Gasteiger partial charge in [-0.1, -0.05) is 28.1 Å². The molecule has 2 rings (SSSR count). The van der Waals surface area contributed by atoms with Gasteiger partial charge in [0.25, 0.3) is 5.91 Å². The van der Waals surface area contributed by atoms with Gasteiger partial charge in [-0.05, 0) is 55.3 Å². The Hall–Kier alpha value is -1.81. The van der Waals surface area contributed by atoms with Gasteiger partial charge in [0.2, 0.25) is 0 Å². The molecule has 0 aliphatic carbocycles. The first-order valence-electron chi connectivity index (χ1n) is 6.40. The van der Waals surface area contributed by atoms with E-state index in [-0.39, 0.29) is 11.9 Å². The Labute approximate surface area is 127 Å². The van der Waals surface area contributed by atoms with Crippen LogP contribution < -0.4 is 11.1 Å². The number of nitrogens with one attached hydrogen (secondary N) is 1. The highest BCUT2D eigenvalue weighted by atomic mass is 79.9. The maximum absolute atomic E-state index is 12.2. The fourth-order valence-corrected chi connectivity index (χ4v) is 2.20. The van der Waals surface area contributed by atoms with Crippen LogP contribution in [0.25, 0.3) is 0 Å². The Morgan fingerprint density at radius 3 is 2.45 bits per heavy atom. The van der Waals surface area contributed by atoms with E-state index >= 15 is 0 Å². The van der Waals surface area contributed by atoms with Crippen molar-refractivity contribution >= 4 is 27.5 Å². The van der Waals surface area contributed by atoms with Crippen LogP contribution in [0.3, 0.4) is 0 Å². The molecule has 0 aliphatic rings. The summed E-state index contributed by atoms with van der Waals surface area (Å²) < 4.78 is 1.02. The van der Waals surface area contributed by atoms with Crippen LogP contribution in [0.5, 0.6) is 0 Å². The molecular weight excluding hydrogens is 316 g/mol. The molecular formula is C16H17BrN2O. The number of amides is 1. The molecule has 0 bridgehead atoms. The lowest BCUT2D eigenvalue weighted by atomic mass is 10.1. The van der Waals surface area contributed by atoms with E-state index in [1.807, 2.05) is 38.1 Å². The monoisotopic (exact) mass is 332 g/mol. The van der Waals surface area contributed by atoms with E-state index in [9.17, 15) is 4.79 Å². The molecule has 3 nitrogen and oxygen atoms in total. The minimum atomic E-state index is -0.0940. The van der Waals surface area contributed by atoms with E-state index in [0.29, 0.717) is 11.3 Å². The van der Waals surface area contributed by atoms with Crippen molar-refractivity contribution in [2.45, 2.75) is 19.9 Å². The number of anilines is 1. The van der Waals surface area contributed by atoms with E-state index in [2.05, 4.69) is 21.2 Å². The van der Waals surface area contributed by atoms with Gasteiger partial charge < -0.3 is 11.1 Å². The Balaban J connectivity index is 2.10. The lowest BCUT2D eigenvalue weighted by Gasteiger charge is -2.15. The van der Waals surface area contributed by atoms with E-state index in [1.165, 1.54) is 0 Å². The summed E-state index contributed by atoms with van der Waals surface area (Å²) in [5, 5.41) is 2.98. The summed E-state index contributed by atoms with van der Waals surface area (Å²) in [4.78, 5) is 12.2. The first kappa shape index (κ1) is 14.6. The molecule has 1 unspecified atom stereocenters. The third-order valence-corrected chi connectivity index (χ3v) is 3.78. The van der Waals surface area contributed by atoms with Crippen molar-refractivity contribution in [2.24, 2.45) is 0 Å². The van der Waals surface area contributed by atoms with E-state index in [4.69, 9.17) is 5.73 Å². The van der Waals surface area contributed by atoms with Gasteiger partial charge in [0.05, 0.1) is 6.04 Å². The van der Waals surface area contributed by atoms with Gasteiger partial charge in [-0.25, -0.2) is 0 Å².